The van der Waals surface area contributed by atoms with Gasteiger partial charge in [0, 0.05) is 5.56 Å². The molecule has 3 nitrogen and oxygen atoms in total. The van der Waals surface area contributed by atoms with Gasteiger partial charge >= 0.3 is 0 Å². The molecule has 0 saturated heterocycles. The number of halogens is 2. The Morgan fingerprint density at radius 2 is 2.29 bits per heavy atom. The topological polar surface area (TPSA) is 55.5 Å². The van der Waals surface area contributed by atoms with Crippen LogP contribution in [0.1, 0.15) is 11.6 Å². The summed E-state index contributed by atoms with van der Waals surface area (Å²) in [5, 5.41) is 8.92. The van der Waals surface area contributed by atoms with Crippen LogP contribution in [-0.4, -0.2) is 18.8 Å². The lowest BCUT2D eigenvalue weighted by molar-refractivity contribution is 0.265. The number of benzene rings is 1. The van der Waals surface area contributed by atoms with Crippen LogP contribution in [0, 0.1) is 5.82 Å². The quantitative estimate of drug-likeness (QED) is 0.810. The van der Waals surface area contributed by atoms with E-state index in [-0.39, 0.29) is 17.2 Å². The molecule has 1 rings (SSSR count). The predicted molar refractivity (Wildman–Crippen MR) is 52.0 cm³/mol. The van der Waals surface area contributed by atoms with Crippen molar-refractivity contribution >= 4 is 11.6 Å². The van der Waals surface area contributed by atoms with E-state index in [0.29, 0.717) is 5.75 Å². The Bertz CT molecular complexity index is 333. The number of aliphatic hydroxyl groups excluding tert-OH is 1. The number of hydrogen-bond acceptors (Lipinski definition) is 3. The van der Waals surface area contributed by atoms with Gasteiger partial charge in [0.2, 0.25) is 0 Å². The summed E-state index contributed by atoms with van der Waals surface area (Å²) in [5.74, 6) is -0.204. The minimum Gasteiger partial charge on any atom is -0.495 e. The van der Waals surface area contributed by atoms with Crippen LogP contribution in [0.4, 0.5) is 4.39 Å². The second-order valence-electron chi connectivity index (χ2n) is 2.77. The zero-order valence-corrected chi connectivity index (χ0v) is 8.38. The molecule has 14 heavy (non-hydrogen) atoms. The van der Waals surface area contributed by atoms with E-state index >= 15 is 0 Å². The van der Waals surface area contributed by atoms with Crippen LogP contribution >= 0.6 is 11.6 Å². The summed E-state index contributed by atoms with van der Waals surface area (Å²) in [7, 11) is 1.42. The van der Waals surface area contributed by atoms with Crippen molar-refractivity contribution in [2.24, 2.45) is 5.73 Å². The van der Waals surface area contributed by atoms with Crippen molar-refractivity contribution in [1.29, 1.82) is 0 Å². The standard InChI is InChI=1S/C9H11ClFNO2/c1-14-7-3-2-5(11)8(9(7)10)6(12)4-13/h2-3,6,13H,4,12H2,1H3. The highest BCUT2D eigenvalue weighted by atomic mass is 35.5. The van der Waals surface area contributed by atoms with Crippen LogP contribution in [0.2, 0.25) is 5.02 Å². The molecule has 0 fully saturated rings. The maximum atomic E-state index is 13.3. The van der Waals surface area contributed by atoms with Gasteiger partial charge in [-0.2, -0.15) is 0 Å². The molecule has 0 aliphatic heterocycles. The van der Waals surface area contributed by atoms with Crippen molar-refractivity contribution < 1.29 is 14.2 Å². The molecule has 0 spiro atoms. The molecule has 5 heteroatoms. The van der Waals surface area contributed by atoms with Crippen LogP contribution in [0.3, 0.4) is 0 Å². The van der Waals surface area contributed by atoms with Crippen LogP contribution in [0.15, 0.2) is 12.1 Å². The van der Waals surface area contributed by atoms with Crippen molar-refractivity contribution in [3.05, 3.63) is 28.5 Å². The third-order valence-corrected chi connectivity index (χ3v) is 2.27. The summed E-state index contributed by atoms with van der Waals surface area (Å²) in [6, 6.07) is 1.78. The van der Waals surface area contributed by atoms with Gasteiger partial charge in [0.1, 0.15) is 11.6 Å². The zero-order valence-electron chi connectivity index (χ0n) is 7.63. The van der Waals surface area contributed by atoms with E-state index in [0.717, 1.165) is 0 Å². The lowest BCUT2D eigenvalue weighted by Gasteiger charge is -2.14. The molecule has 1 atom stereocenters. The molecule has 0 aliphatic rings. The number of nitrogens with two attached hydrogens (primary N) is 1. The van der Waals surface area contributed by atoms with E-state index in [9.17, 15) is 4.39 Å². The molecule has 0 saturated carbocycles. The number of methoxy groups -OCH3 is 1. The lowest BCUT2D eigenvalue weighted by Crippen LogP contribution is -2.17. The normalized spacial score (nSPS) is 12.6. The summed E-state index contributed by atoms with van der Waals surface area (Å²) in [5.41, 5.74) is 5.57. The van der Waals surface area contributed by atoms with Crippen molar-refractivity contribution in [1.82, 2.24) is 0 Å². The van der Waals surface area contributed by atoms with Crippen LogP contribution in [-0.2, 0) is 0 Å². The second-order valence-corrected chi connectivity index (χ2v) is 3.14. The van der Waals surface area contributed by atoms with Crippen molar-refractivity contribution in [3.63, 3.8) is 0 Å². The molecular weight excluding hydrogens is 209 g/mol. The first-order valence-corrected chi connectivity index (χ1v) is 4.38. The van der Waals surface area contributed by atoms with Gasteiger partial charge in [-0.1, -0.05) is 11.6 Å². The molecule has 1 unspecified atom stereocenters. The van der Waals surface area contributed by atoms with Crippen LogP contribution < -0.4 is 10.5 Å². The molecule has 1 aromatic carbocycles. The molecule has 0 radical (unpaired) electrons. The van der Waals surface area contributed by atoms with Crippen LogP contribution in [0.5, 0.6) is 5.75 Å². The van der Waals surface area contributed by atoms with Gasteiger partial charge in [-0.05, 0) is 12.1 Å². The predicted octanol–water partition coefficient (Wildman–Crippen LogP) is 1.48. The number of hydrogen-bond donors (Lipinski definition) is 2. The highest BCUT2D eigenvalue weighted by Crippen LogP contribution is 2.32. The van der Waals surface area contributed by atoms with Gasteiger partial charge in [-0.3, -0.25) is 0 Å². The summed E-state index contributed by atoms with van der Waals surface area (Å²) in [4.78, 5) is 0. The Morgan fingerprint density at radius 1 is 1.64 bits per heavy atom. The highest BCUT2D eigenvalue weighted by Gasteiger charge is 2.17. The van der Waals surface area contributed by atoms with Gasteiger partial charge in [0.05, 0.1) is 24.8 Å². The number of ether oxygens (including phenoxy) is 1. The number of rotatable bonds is 3. The average Bonchev–Trinajstić information content (AvgIpc) is 2.18. The summed E-state index contributed by atoms with van der Waals surface area (Å²) in [6.07, 6.45) is 0. The van der Waals surface area contributed by atoms with E-state index in [2.05, 4.69) is 0 Å². The van der Waals surface area contributed by atoms with Gasteiger partial charge in [-0.25, -0.2) is 4.39 Å². The van der Waals surface area contributed by atoms with E-state index in [1.54, 1.807) is 0 Å². The molecule has 0 heterocycles. The van der Waals surface area contributed by atoms with Crippen molar-refractivity contribution in [3.8, 4) is 5.75 Å². The van der Waals surface area contributed by atoms with Gasteiger partial charge in [-0.15, -0.1) is 0 Å². The highest BCUT2D eigenvalue weighted by molar-refractivity contribution is 6.32. The Morgan fingerprint density at radius 3 is 2.79 bits per heavy atom. The van der Waals surface area contributed by atoms with Gasteiger partial charge in [0.15, 0.2) is 0 Å². The lowest BCUT2D eigenvalue weighted by atomic mass is 10.1. The van der Waals surface area contributed by atoms with E-state index in [4.69, 9.17) is 27.2 Å². The molecule has 0 aromatic heterocycles. The third kappa shape index (κ3) is 1.97. The maximum Gasteiger partial charge on any atom is 0.138 e. The van der Waals surface area contributed by atoms with E-state index in [1.165, 1.54) is 19.2 Å². The number of aliphatic hydroxyl groups is 1. The molecule has 0 amide bonds. The molecule has 3 N–H and O–H groups in total. The van der Waals surface area contributed by atoms with Crippen LogP contribution in [0.25, 0.3) is 0 Å². The first-order valence-electron chi connectivity index (χ1n) is 4.00. The van der Waals surface area contributed by atoms with Gasteiger partial charge < -0.3 is 15.6 Å². The van der Waals surface area contributed by atoms with Gasteiger partial charge in [0.25, 0.3) is 0 Å². The molecule has 1 aromatic rings. The summed E-state index contributed by atoms with van der Waals surface area (Å²) >= 11 is 5.83. The molecule has 78 valence electrons. The summed E-state index contributed by atoms with van der Waals surface area (Å²) in [6.45, 7) is -0.371. The fourth-order valence-corrected chi connectivity index (χ4v) is 1.51. The first-order chi connectivity index (χ1) is 6.61. The minimum absolute atomic E-state index is 0.0773. The second kappa shape index (κ2) is 4.59. The smallest absolute Gasteiger partial charge is 0.138 e. The largest absolute Gasteiger partial charge is 0.495 e. The average molecular weight is 220 g/mol. The molecular formula is C9H11ClFNO2. The summed E-state index contributed by atoms with van der Waals surface area (Å²) < 4.78 is 18.2. The fraction of sp³-hybridized carbons (Fsp3) is 0.333. The third-order valence-electron chi connectivity index (χ3n) is 1.88. The van der Waals surface area contributed by atoms with Crippen molar-refractivity contribution in [2.75, 3.05) is 13.7 Å². The monoisotopic (exact) mass is 219 g/mol. The Kier molecular flexibility index (Phi) is 3.69. The Hall–Kier alpha value is -0.840. The van der Waals surface area contributed by atoms with Crippen molar-refractivity contribution in [2.45, 2.75) is 6.04 Å². The van der Waals surface area contributed by atoms with E-state index in [1.807, 2.05) is 0 Å². The molecule has 0 aliphatic carbocycles. The Labute approximate surface area is 86.2 Å². The minimum atomic E-state index is -0.836. The SMILES string of the molecule is COc1ccc(F)c(C(N)CO)c1Cl. The molecule has 0 bridgehead atoms. The van der Waals surface area contributed by atoms with E-state index < -0.39 is 11.9 Å². The fourth-order valence-electron chi connectivity index (χ4n) is 1.14. The first kappa shape index (κ1) is 11.2. The Balaban J connectivity index is 3.25. The maximum absolute atomic E-state index is 13.3. The zero-order chi connectivity index (χ0) is 10.7.